The molecule has 4 rings (SSSR count). The van der Waals surface area contributed by atoms with Crippen molar-refractivity contribution in [2.45, 2.75) is 76.9 Å². The number of rotatable bonds is 28. The molecular formula is C48H54N10O22. The number of aliphatic hydroxyl groups is 1. The number of hydrogen-bond donors (Lipinski definition) is 5. The van der Waals surface area contributed by atoms with Crippen molar-refractivity contribution < 1.29 is 106 Å². The molecule has 4 aliphatic rings. The highest BCUT2D eigenvalue weighted by atomic mass is 16.7. The number of hydrogen-bond acceptors (Lipinski definition) is 22. The first-order valence-electron chi connectivity index (χ1n) is 24.3. The minimum Gasteiger partial charge on any atom is -0.370 e. The van der Waals surface area contributed by atoms with Gasteiger partial charge in [0.2, 0.25) is 23.6 Å². The molecule has 4 aliphatic heterocycles. The fourth-order valence-corrected chi connectivity index (χ4v) is 7.34. The number of nitrogens with one attached hydrogen (secondary N) is 4. The average molecular weight is 1120 g/mol. The van der Waals surface area contributed by atoms with E-state index in [1.807, 2.05) is 0 Å². The van der Waals surface area contributed by atoms with Crippen LogP contribution in [0.15, 0.2) is 25.3 Å². The maximum absolute atomic E-state index is 14.0. The number of nitrogens with zero attached hydrogens (tertiary/aromatic N) is 6. The Morgan fingerprint density at radius 1 is 0.562 bits per heavy atom. The van der Waals surface area contributed by atoms with Crippen LogP contribution in [-0.2, 0) is 101 Å². The summed E-state index contributed by atoms with van der Waals surface area (Å²) < 4.78 is 0. The summed E-state index contributed by atoms with van der Waals surface area (Å²) in [5, 5.41) is 20.3. The number of aliphatic hydroxyl groups excluding tert-OH is 1. The minimum absolute atomic E-state index is 0.0215. The quantitative estimate of drug-likeness (QED) is 0.0277. The van der Waals surface area contributed by atoms with E-state index >= 15 is 0 Å². The van der Waals surface area contributed by atoms with Gasteiger partial charge in [0.15, 0.2) is 6.23 Å². The highest BCUT2D eigenvalue weighted by molar-refractivity contribution is 6.06. The van der Waals surface area contributed by atoms with Gasteiger partial charge in [-0.05, 0) is 24.0 Å². The Balaban J connectivity index is 1.43. The molecule has 0 aromatic heterocycles. The predicted molar refractivity (Wildman–Crippen MR) is 256 cm³/mol. The van der Waals surface area contributed by atoms with Gasteiger partial charge >= 0.3 is 23.9 Å². The summed E-state index contributed by atoms with van der Waals surface area (Å²) in [4.78, 5) is 236. The van der Waals surface area contributed by atoms with Crippen LogP contribution in [-0.4, -0.2) is 194 Å². The molecule has 80 heavy (non-hydrogen) atoms. The molecule has 0 saturated carbocycles. The Labute approximate surface area is 453 Å². The van der Waals surface area contributed by atoms with Crippen LogP contribution in [0.25, 0.3) is 0 Å². The number of terminal acetylenes is 1. The molecule has 3 unspecified atom stereocenters. The summed E-state index contributed by atoms with van der Waals surface area (Å²) in [6, 6.07) is 0. The normalized spacial score (nSPS) is 16.9. The van der Waals surface area contributed by atoms with Gasteiger partial charge in [0.1, 0.15) is 5.92 Å². The highest BCUT2D eigenvalue weighted by Gasteiger charge is 2.42. The molecule has 0 radical (unpaired) electrons. The van der Waals surface area contributed by atoms with Gasteiger partial charge in [0, 0.05) is 90.9 Å². The van der Waals surface area contributed by atoms with Gasteiger partial charge in [-0.2, -0.15) is 0 Å². The van der Waals surface area contributed by atoms with E-state index in [2.05, 4.69) is 46.3 Å². The Bertz CT molecular complexity index is 2600. The Kier molecular flexibility index (Phi) is 23.7. The van der Waals surface area contributed by atoms with Gasteiger partial charge in [-0.15, -0.1) is 26.7 Å². The van der Waals surface area contributed by atoms with Gasteiger partial charge in [0.25, 0.3) is 53.2 Å². The Morgan fingerprint density at radius 2 is 0.950 bits per heavy atom. The topological polar surface area (TPSA) is 415 Å². The van der Waals surface area contributed by atoms with Gasteiger partial charge in [-0.3, -0.25) is 62.3 Å². The van der Waals surface area contributed by atoms with Crippen molar-refractivity contribution in [3.63, 3.8) is 0 Å². The van der Waals surface area contributed by atoms with E-state index in [-0.39, 0.29) is 53.7 Å². The Hall–Kier alpha value is -9.85. The molecule has 3 atom stereocenters. The molecule has 5 N–H and O–H groups in total. The van der Waals surface area contributed by atoms with Crippen LogP contribution in [0.4, 0.5) is 0 Å². The van der Waals surface area contributed by atoms with E-state index in [4.69, 9.17) is 25.8 Å². The summed E-state index contributed by atoms with van der Waals surface area (Å²) in [5.74, 6) is -14.7. The third-order valence-corrected chi connectivity index (χ3v) is 11.6. The molecule has 0 aromatic rings. The number of carbonyl (C=O) groups excluding carboxylic acids is 17. The zero-order valence-corrected chi connectivity index (χ0v) is 42.6. The Morgan fingerprint density at radius 3 is 1.34 bits per heavy atom. The number of carbonyl (C=O) groups is 17. The molecule has 32 heteroatoms. The van der Waals surface area contributed by atoms with Crippen molar-refractivity contribution in [2.24, 2.45) is 17.8 Å². The highest BCUT2D eigenvalue weighted by Crippen LogP contribution is 2.21. The largest absolute Gasteiger partial charge is 0.370 e. The monoisotopic (exact) mass is 1120 g/mol. The summed E-state index contributed by atoms with van der Waals surface area (Å²) in [6.07, 6.45) is 0.957. The van der Waals surface area contributed by atoms with E-state index in [1.54, 1.807) is 5.92 Å². The fraction of sp³-hybridized carbons (Fsp3) is 0.479. The second-order valence-electron chi connectivity index (χ2n) is 17.3. The SMILES string of the molecule is C#CC(=O)NCC(CNC(=O)C#CC1CC(=O)N(OC(=O)CCN(CCC(=O)ON2C(=O)CCC2O)C(=O)C(CNC(=O)C=C)CNC(=O)C=C)C1=O)C(=O)N(CCC(=O)ON1C(=O)CCC1=O)CCC(=O)ON1C(=O)CCC1=O. The van der Waals surface area contributed by atoms with Gasteiger partial charge < -0.3 is 55.5 Å². The maximum atomic E-state index is 14.0. The van der Waals surface area contributed by atoms with Gasteiger partial charge in [-0.25, -0.2) is 19.2 Å². The molecule has 4 heterocycles. The number of amides is 13. The lowest BCUT2D eigenvalue weighted by atomic mass is 10.1. The lowest BCUT2D eigenvalue weighted by molar-refractivity contribution is -0.220. The van der Waals surface area contributed by atoms with Crippen LogP contribution >= 0.6 is 0 Å². The zero-order valence-electron chi connectivity index (χ0n) is 42.6. The van der Waals surface area contributed by atoms with Crippen LogP contribution in [0.3, 0.4) is 0 Å². The van der Waals surface area contributed by atoms with Gasteiger partial charge in [0.05, 0.1) is 43.9 Å². The summed E-state index contributed by atoms with van der Waals surface area (Å²) in [5.41, 5.74) is 0. The van der Waals surface area contributed by atoms with Crippen LogP contribution < -0.4 is 21.3 Å². The van der Waals surface area contributed by atoms with Gasteiger partial charge in [-0.1, -0.05) is 19.1 Å². The average Bonchev–Trinajstić information content (AvgIpc) is 4.15. The van der Waals surface area contributed by atoms with Crippen molar-refractivity contribution in [2.75, 3.05) is 52.4 Å². The fourth-order valence-electron chi connectivity index (χ4n) is 7.34. The molecule has 0 aromatic carbocycles. The molecule has 0 spiro atoms. The predicted octanol–water partition coefficient (Wildman–Crippen LogP) is -5.64. The van der Waals surface area contributed by atoms with E-state index in [9.17, 15) is 86.6 Å². The first-order chi connectivity index (χ1) is 38.0. The van der Waals surface area contributed by atoms with Crippen LogP contribution in [0.1, 0.15) is 70.6 Å². The maximum Gasteiger partial charge on any atom is 0.334 e. The van der Waals surface area contributed by atoms with Crippen molar-refractivity contribution in [1.82, 2.24) is 51.3 Å². The van der Waals surface area contributed by atoms with Crippen molar-refractivity contribution in [1.29, 1.82) is 0 Å². The third kappa shape index (κ3) is 18.7. The van der Waals surface area contributed by atoms with E-state index in [1.165, 1.54) is 0 Å². The molecule has 428 valence electrons. The molecular weight excluding hydrogens is 1070 g/mol. The molecule has 4 saturated heterocycles. The van der Waals surface area contributed by atoms with E-state index in [0.29, 0.717) is 5.06 Å². The molecule has 4 fully saturated rings. The first-order valence-corrected chi connectivity index (χ1v) is 24.3. The van der Waals surface area contributed by atoms with Crippen LogP contribution in [0, 0.1) is 41.9 Å². The smallest absolute Gasteiger partial charge is 0.334 e. The molecule has 13 amide bonds. The third-order valence-electron chi connectivity index (χ3n) is 11.6. The molecule has 32 nitrogen and oxygen atoms in total. The summed E-state index contributed by atoms with van der Waals surface area (Å²) in [6.45, 7) is 2.28. The van der Waals surface area contributed by atoms with Crippen molar-refractivity contribution in [3.8, 4) is 24.2 Å². The zero-order chi connectivity index (χ0) is 59.2. The van der Waals surface area contributed by atoms with E-state index in [0.717, 1.165) is 22.0 Å². The van der Waals surface area contributed by atoms with Crippen molar-refractivity contribution >= 4 is 101 Å². The second-order valence-corrected chi connectivity index (χ2v) is 17.3. The lowest BCUT2D eigenvalue weighted by Crippen LogP contribution is -2.47. The standard InChI is InChI=1S/C48H54N10O22/c1-4-31(59)49-24-29(25-50-32(60)5-2)46(74)54(21-17-44(72)79-57-39(67)13-14-40(57)68)22-18-45(73)80-58-41(69)23-28(48(58)76)7-8-34(62)52-27-30(26-51-33(61)6-3)47(75)53(19-15-42(70)77-55-35(63)9-10-36(55)64)20-16-43(71)78-56-37(65)11-12-38(56)66/h3-5,28-30,39,67H,1-2,9-27H2,(H,49,59)(H,50,60)(H,51,61)(H,52,62). The summed E-state index contributed by atoms with van der Waals surface area (Å²) >= 11 is 0. The second kappa shape index (κ2) is 30.2. The molecule has 0 aliphatic carbocycles. The summed E-state index contributed by atoms with van der Waals surface area (Å²) in [7, 11) is 0. The van der Waals surface area contributed by atoms with Crippen molar-refractivity contribution in [3.05, 3.63) is 25.3 Å². The van der Waals surface area contributed by atoms with E-state index < -0.39 is 209 Å². The minimum atomic E-state index is -1.59. The number of imide groups is 3. The lowest BCUT2D eigenvalue weighted by Gasteiger charge is -2.28. The van der Waals surface area contributed by atoms with Crippen LogP contribution in [0.2, 0.25) is 0 Å². The van der Waals surface area contributed by atoms with Crippen LogP contribution in [0.5, 0.6) is 0 Å². The molecule has 0 bridgehead atoms. The number of hydroxylamine groups is 8. The first kappa shape index (κ1) is 62.7.